The SMILES string of the molecule is CCOc1ccc(C(=O)N2CCN(c3cc(CC)n4cnnc4n3)CC2)cc1. The highest BCUT2D eigenvalue weighted by molar-refractivity contribution is 5.94. The van der Waals surface area contributed by atoms with Crippen molar-refractivity contribution in [3.05, 3.63) is 47.9 Å². The van der Waals surface area contributed by atoms with E-state index in [2.05, 4.69) is 33.1 Å². The number of piperazine rings is 1. The van der Waals surface area contributed by atoms with Gasteiger partial charge in [-0.15, -0.1) is 10.2 Å². The van der Waals surface area contributed by atoms with E-state index in [9.17, 15) is 4.79 Å². The highest BCUT2D eigenvalue weighted by Gasteiger charge is 2.23. The average Bonchev–Trinajstić information content (AvgIpc) is 3.22. The van der Waals surface area contributed by atoms with Gasteiger partial charge in [0.2, 0.25) is 0 Å². The summed E-state index contributed by atoms with van der Waals surface area (Å²) in [5.74, 6) is 2.34. The lowest BCUT2D eigenvalue weighted by Gasteiger charge is -2.35. The molecule has 1 amide bonds. The van der Waals surface area contributed by atoms with Crippen molar-refractivity contribution in [1.82, 2.24) is 24.5 Å². The average molecular weight is 380 g/mol. The van der Waals surface area contributed by atoms with Gasteiger partial charge in [-0.3, -0.25) is 9.20 Å². The minimum Gasteiger partial charge on any atom is -0.494 e. The summed E-state index contributed by atoms with van der Waals surface area (Å²) in [7, 11) is 0. The molecule has 4 rings (SSSR count). The first-order chi connectivity index (χ1) is 13.7. The summed E-state index contributed by atoms with van der Waals surface area (Å²) in [4.78, 5) is 21.5. The van der Waals surface area contributed by atoms with Gasteiger partial charge < -0.3 is 14.5 Å². The molecule has 0 atom stereocenters. The van der Waals surface area contributed by atoms with E-state index in [1.165, 1.54) is 0 Å². The summed E-state index contributed by atoms with van der Waals surface area (Å²) < 4.78 is 7.35. The van der Waals surface area contributed by atoms with Crippen LogP contribution in [0, 0.1) is 0 Å². The molecule has 8 nitrogen and oxygen atoms in total. The summed E-state index contributed by atoms with van der Waals surface area (Å²) >= 11 is 0. The molecule has 1 aliphatic rings. The van der Waals surface area contributed by atoms with E-state index in [0.717, 1.165) is 36.8 Å². The molecule has 0 bridgehead atoms. The van der Waals surface area contributed by atoms with Gasteiger partial charge in [0.05, 0.1) is 6.61 Å². The van der Waals surface area contributed by atoms with Crippen LogP contribution in [0.15, 0.2) is 36.7 Å². The number of fused-ring (bicyclic) bond motifs is 1. The summed E-state index contributed by atoms with van der Waals surface area (Å²) in [5, 5.41) is 8.04. The van der Waals surface area contributed by atoms with Gasteiger partial charge in [0, 0.05) is 43.5 Å². The molecule has 28 heavy (non-hydrogen) atoms. The van der Waals surface area contributed by atoms with Crippen molar-refractivity contribution in [2.24, 2.45) is 0 Å². The third kappa shape index (κ3) is 3.49. The van der Waals surface area contributed by atoms with Crippen molar-refractivity contribution >= 4 is 17.5 Å². The molecule has 0 unspecified atom stereocenters. The van der Waals surface area contributed by atoms with Gasteiger partial charge in [-0.05, 0) is 37.6 Å². The van der Waals surface area contributed by atoms with Gasteiger partial charge in [0.15, 0.2) is 0 Å². The van der Waals surface area contributed by atoms with E-state index in [1.807, 2.05) is 40.5 Å². The number of hydrogen-bond donors (Lipinski definition) is 0. The zero-order chi connectivity index (χ0) is 19.5. The molecule has 0 spiro atoms. The van der Waals surface area contributed by atoms with Gasteiger partial charge in [-0.1, -0.05) is 6.92 Å². The van der Waals surface area contributed by atoms with Crippen molar-refractivity contribution < 1.29 is 9.53 Å². The molecule has 8 heteroatoms. The number of aromatic nitrogens is 4. The summed E-state index contributed by atoms with van der Waals surface area (Å²) in [5.41, 5.74) is 1.81. The van der Waals surface area contributed by atoms with E-state index in [0.29, 0.717) is 31.0 Å². The van der Waals surface area contributed by atoms with Crippen LogP contribution in [0.3, 0.4) is 0 Å². The quantitative estimate of drug-likeness (QED) is 0.674. The minimum absolute atomic E-state index is 0.0535. The number of anilines is 1. The number of aryl methyl sites for hydroxylation is 1. The number of hydrogen-bond acceptors (Lipinski definition) is 6. The van der Waals surface area contributed by atoms with E-state index in [-0.39, 0.29) is 5.91 Å². The van der Waals surface area contributed by atoms with Crippen LogP contribution in [0.25, 0.3) is 5.78 Å². The van der Waals surface area contributed by atoms with Crippen molar-refractivity contribution in [3.63, 3.8) is 0 Å². The molecule has 3 heterocycles. The van der Waals surface area contributed by atoms with Crippen LogP contribution in [0.1, 0.15) is 29.9 Å². The zero-order valence-electron chi connectivity index (χ0n) is 16.2. The Bertz CT molecular complexity index is 960. The van der Waals surface area contributed by atoms with E-state index in [1.54, 1.807) is 6.33 Å². The number of carbonyl (C=O) groups excluding carboxylic acids is 1. The Balaban J connectivity index is 1.43. The first-order valence-corrected chi connectivity index (χ1v) is 9.66. The predicted octanol–water partition coefficient (Wildman–Crippen LogP) is 2.05. The Hall–Kier alpha value is -3.16. The lowest BCUT2D eigenvalue weighted by atomic mass is 10.1. The second-order valence-corrected chi connectivity index (χ2v) is 6.70. The molecule has 2 aromatic heterocycles. The molecule has 0 aliphatic carbocycles. The lowest BCUT2D eigenvalue weighted by molar-refractivity contribution is 0.0746. The van der Waals surface area contributed by atoms with Crippen LogP contribution < -0.4 is 9.64 Å². The van der Waals surface area contributed by atoms with Crippen LogP contribution >= 0.6 is 0 Å². The summed E-state index contributed by atoms with van der Waals surface area (Å²) in [6.07, 6.45) is 2.57. The van der Waals surface area contributed by atoms with Crippen molar-refractivity contribution in [2.45, 2.75) is 20.3 Å². The van der Waals surface area contributed by atoms with Gasteiger partial charge in [0.1, 0.15) is 17.9 Å². The molecular weight excluding hydrogens is 356 g/mol. The third-order valence-corrected chi connectivity index (χ3v) is 5.01. The molecule has 0 radical (unpaired) electrons. The molecule has 1 aromatic carbocycles. The van der Waals surface area contributed by atoms with Gasteiger partial charge in [-0.2, -0.15) is 4.98 Å². The maximum Gasteiger partial charge on any atom is 0.256 e. The molecule has 1 aliphatic heterocycles. The van der Waals surface area contributed by atoms with E-state index >= 15 is 0 Å². The molecular formula is C20H24N6O2. The number of ether oxygens (including phenoxy) is 1. The second kappa shape index (κ2) is 7.84. The van der Waals surface area contributed by atoms with Crippen LogP contribution in [0.5, 0.6) is 5.75 Å². The van der Waals surface area contributed by atoms with Crippen LogP contribution in [0.4, 0.5) is 5.82 Å². The number of benzene rings is 1. The molecule has 3 aromatic rings. The normalized spacial score (nSPS) is 14.5. The highest BCUT2D eigenvalue weighted by Crippen LogP contribution is 2.19. The maximum atomic E-state index is 12.8. The number of carbonyl (C=O) groups is 1. The Morgan fingerprint density at radius 2 is 1.86 bits per heavy atom. The van der Waals surface area contributed by atoms with Gasteiger partial charge >= 0.3 is 0 Å². The maximum absolute atomic E-state index is 12.8. The molecule has 1 saturated heterocycles. The van der Waals surface area contributed by atoms with Gasteiger partial charge in [-0.25, -0.2) is 0 Å². The fourth-order valence-electron chi connectivity index (χ4n) is 3.48. The number of nitrogens with zero attached hydrogens (tertiary/aromatic N) is 6. The van der Waals surface area contributed by atoms with Crippen LogP contribution in [0.2, 0.25) is 0 Å². The molecule has 0 saturated carbocycles. The van der Waals surface area contributed by atoms with E-state index < -0.39 is 0 Å². The topological polar surface area (TPSA) is 75.9 Å². The lowest BCUT2D eigenvalue weighted by Crippen LogP contribution is -2.49. The largest absolute Gasteiger partial charge is 0.494 e. The number of rotatable bonds is 5. The predicted molar refractivity (Wildman–Crippen MR) is 106 cm³/mol. The smallest absolute Gasteiger partial charge is 0.256 e. The Kier molecular flexibility index (Phi) is 5.10. The Labute approximate surface area is 163 Å². The summed E-state index contributed by atoms with van der Waals surface area (Å²) in [6.45, 7) is 7.46. The fourth-order valence-corrected chi connectivity index (χ4v) is 3.48. The monoisotopic (exact) mass is 380 g/mol. The van der Waals surface area contributed by atoms with Crippen molar-refractivity contribution in [2.75, 3.05) is 37.7 Å². The zero-order valence-corrected chi connectivity index (χ0v) is 16.2. The summed E-state index contributed by atoms with van der Waals surface area (Å²) in [6, 6.07) is 9.43. The third-order valence-electron chi connectivity index (χ3n) is 5.01. The molecule has 1 fully saturated rings. The van der Waals surface area contributed by atoms with Crippen molar-refractivity contribution in [3.8, 4) is 5.75 Å². The van der Waals surface area contributed by atoms with Crippen LogP contribution in [-0.4, -0.2) is 63.2 Å². The molecule has 0 N–H and O–H groups in total. The first kappa shape index (κ1) is 18.2. The standard InChI is InChI=1S/C20H24N6O2/c1-3-16-13-18(22-20-23-21-14-26(16)20)24-9-11-25(12-10-24)19(27)15-5-7-17(8-6-15)28-4-2/h5-8,13-14H,3-4,9-12H2,1-2H3. The Morgan fingerprint density at radius 3 is 2.54 bits per heavy atom. The first-order valence-electron chi connectivity index (χ1n) is 9.66. The molecule has 146 valence electrons. The minimum atomic E-state index is 0.0535. The Morgan fingerprint density at radius 1 is 1.11 bits per heavy atom. The van der Waals surface area contributed by atoms with Crippen molar-refractivity contribution in [1.29, 1.82) is 0 Å². The van der Waals surface area contributed by atoms with E-state index in [4.69, 9.17) is 4.74 Å². The van der Waals surface area contributed by atoms with Crippen LogP contribution in [-0.2, 0) is 6.42 Å². The second-order valence-electron chi connectivity index (χ2n) is 6.70. The van der Waals surface area contributed by atoms with Gasteiger partial charge in [0.25, 0.3) is 11.7 Å². The highest BCUT2D eigenvalue weighted by atomic mass is 16.5. The number of amides is 1. The fraction of sp³-hybridized carbons (Fsp3) is 0.400.